The lowest BCUT2D eigenvalue weighted by Crippen LogP contribution is -2.60. The zero-order valence-corrected chi connectivity index (χ0v) is 13.5. The fourth-order valence-corrected chi connectivity index (χ4v) is 2.93. The molecule has 0 amide bonds. The van der Waals surface area contributed by atoms with Gasteiger partial charge in [0.05, 0.1) is 6.61 Å². The monoisotopic (exact) mass is 374 g/mol. The topological polar surface area (TPSA) is 65.0 Å². The van der Waals surface area contributed by atoms with Gasteiger partial charge in [0, 0.05) is 5.57 Å². The summed E-state index contributed by atoms with van der Waals surface area (Å²) >= 11 is 0. The fraction of sp³-hybridized carbons (Fsp3) is 0.800. The van der Waals surface area contributed by atoms with Crippen LogP contribution in [-0.4, -0.2) is 53.9 Å². The van der Waals surface area contributed by atoms with E-state index in [2.05, 4.69) is 11.3 Å². The van der Waals surface area contributed by atoms with Crippen LogP contribution in [-0.2, 0) is 19.0 Å². The molecule has 1 saturated heterocycles. The van der Waals surface area contributed by atoms with Crippen molar-refractivity contribution in [2.24, 2.45) is 0 Å². The normalized spacial score (nSPS) is 31.1. The lowest BCUT2D eigenvalue weighted by atomic mass is 10.0. The first kappa shape index (κ1) is 20.1. The minimum absolute atomic E-state index is 0.0918. The Morgan fingerprint density at radius 2 is 1.88 bits per heavy atom. The van der Waals surface area contributed by atoms with Crippen molar-refractivity contribution in [2.75, 3.05) is 13.2 Å². The van der Waals surface area contributed by atoms with Crippen LogP contribution in [0.3, 0.4) is 0 Å². The number of carbonyl (C=O) groups excluding carboxylic acids is 1. The molecule has 0 aromatic carbocycles. The molecule has 5 nitrogen and oxygen atoms in total. The number of esters is 1. The molecule has 0 radical (unpaired) electrons. The van der Waals surface area contributed by atoms with E-state index >= 15 is 0 Å². The Balaban J connectivity index is 2.15. The predicted molar refractivity (Wildman–Crippen MR) is 73.7 cm³/mol. The average molecular weight is 374 g/mol. The number of hydrogen-bond acceptors (Lipinski definition) is 5. The van der Waals surface area contributed by atoms with E-state index in [0.29, 0.717) is 12.8 Å². The average Bonchev–Trinajstić information content (AvgIpc) is 3.04. The van der Waals surface area contributed by atoms with Crippen LogP contribution in [0.1, 0.15) is 32.6 Å². The molecule has 144 valence electrons. The molecule has 1 N–H and O–H groups in total. The van der Waals surface area contributed by atoms with Crippen LogP contribution in [0.5, 0.6) is 0 Å². The standard InChI is InChI=1S/C15H19F5O5/c1-9(2)11(21)23-8-12(5-3-4-6-12)25-10-7-24-14(22,13(10,16)17)15(18,19)20/h10,22H,1,3-8H2,2H3. The summed E-state index contributed by atoms with van der Waals surface area (Å²) in [4.78, 5) is 11.5. The Hall–Kier alpha value is -1.26. The summed E-state index contributed by atoms with van der Waals surface area (Å²) in [7, 11) is 0. The summed E-state index contributed by atoms with van der Waals surface area (Å²) in [6.45, 7) is 3.24. The second kappa shape index (κ2) is 6.48. The number of hydrogen-bond donors (Lipinski definition) is 1. The van der Waals surface area contributed by atoms with Crippen molar-refractivity contribution in [1.29, 1.82) is 0 Å². The number of rotatable bonds is 5. The molecule has 0 spiro atoms. The van der Waals surface area contributed by atoms with Crippen LogP contribution in [0.15, 0.2) is 12.2 Å². The molecule has 2 atom stereocenters. The maximum atomic E-state index is 14.2. The number of alkyl halides is 5. The first-order valence-electron chi connectivity index (χ1n) is 7.66. The Kier molecular flexibility index (Phi) is 5.20. The summed E-state index contributed by atoms with van der Waals surface area (Å²) in [6.07, 6.45) is -6.40. The summed E-state index contributed by atoms with van der Waals surface area (Å²) < 4.78 is 80.8. The Labute approximate surface area is 140 Å². The highest BCUT2D eigenvalue weighted by molar-refractivity contribution is 5.86. The number of ether oxygens (including phenoxy) is 3. The van der Waals surface area contributed by atoms with Crippen LogP contribution in [0, 0.1) is 0 Å². The lowest BCUT2D eigenvalue weighted by Gasteiger charge is -2.36. The molecule has 2 unspecified atom stereocenters. The van der Waals surface area contributed by atoms with Gasteiger partial charge in [0.15, 0.2) is 6.10 Å². The van der Waals surface area contributed by atoms with Gasteiger partial charge in [-0.05, 0) is 19.8 Å². The summed E-state index contributed by atoms with van der Waals surface area (Å²) in [5.74, 6) is -10.1. The minimum Gasteiger partial charge on any atom is -0.459 e. The van der Waals surface area contributed by atoms with Crippen LogP contribution < -0.4 is 0 Å². The van der Waals surface area contributed by atoms with Gasteiger partial charge in [0.2, 0.25) is 0 Å². The van der Waals surface area contributed by atoms with Gasteiger partial charge in [-0.25, -0.2) is 4.79 Å². The summed E-state index contributed by atoms with van der Waals surface area (Å²) in [5, 5.41) is 9.30. The van der Waals surface area contributed by atoms with E-state index in [1.807, 2.05) is 0 Å². The molecule has 0 bridgehead atoms. The smallest absolute Gasteiger partial charge is 0.449 e. The molecule has 2 aliphatic rings. The zero-order valence-electron chi connectivity index (χ0n) is 13.5. The third-order valence-corrected chi connectivity index (χ3v) is 4.41. The Morgan fingerprint density at radius 3 is 2.32 bits per heavy atom. The number of carbonyl (C=O) groups is 1. The highest BCUT2D eigenvalue weighted by Crippen LogP contribution is 2.51. The Morgan fingerprint density at radius 1 is 1.32 bits per heavy atom. The third-order valence-electron chi connectivity index (χ3n) is 4.41. The molecule has 25 heavy (non-hydrogen) atoms. The van der Waals surface area contributed by atoms with E-state index in [9.17, 15) is 31.9 Å². The van der Waals surface area contributed by atoms with Crippen molar-refractivity contribution < 1.29 is 46.1 Å². The van der Waals surface area contributed by atoms with Gasteiger partial charge in [0.1, 0.15) is 12.2 Å². The van der Waals surface area contributed by atoms with E-state index in [1.54, 1.807) is 0 Å². The van der Waals surface area contributed by atoms with Crippen molar-refractivity contribution in [1.82, 2.24) is 0 Å². The Bertz CT molecular complexity index is 541. The van der Waals surface area contributed by atoms with E-state index in [4.69, 9.17) is 9.47 Å². The lowest BCUT2D eigenvalue weighted by molar-refractivity contribution is -0.407. The van der Waals surface area contributed by atoms with E-state index in [-0.39, 0.29) is 18.4 Å². The SMILES string of the molecule is C=C(C)C(=O)OCC1(OC2COC(O)(C(F)(F)F)C2(F)F)CCCC1. The second-order valence-corrected chi connectivity index (χ2v) is 6.43. The van der Waals surface area contributed by atoms with Gasteiger partial charge in [-0.3, -0.25) is 0 Å². The maximum absolute atomic E-state index is 14.2. The van der Waals surface area contributed by atoms with Gasteiger partial charge in [-0.2, -0.15) is 22.0 Å². The molecule has 1 aliphatic heterocycles. The molecule has 1 aliphatic carbocycles. The molecule has 2 rings (SSSR count). The van der Waals surface area contributed by atoms with Crippen molar-refractivity contribution in [2.45, 2.75) is 62.2 Å². The summed E-state index contributed by atoms with van der Waals surface area (Å²) in [6, 6.07) is 0. The molecular weight excluding hydrogens is 355 g/mol. The quantitative estimate of drug-likeness (QED) is 0.455. The van der Waals surface area contributed by atoms with Crippen LogP contribution >= 0.6 is 0 Å². The first-order valence-corrected chi connectivity index (χ1v) is 7.66. The highest BCUT2D eigenvalue weighted by Gasteiger charge is 2.78. The predicted octanol–water partition coefficient (Wildman–Crippen LogP) is 2.72. The van der Waals surface area contributed by atoms with E-state index in [1.165, 1.54) is 6.92 Å². The molecule has 0 aromatic heterocycles. The zero-order chi connectivity index (χ0) is 19.1. The van der Waals surface area contributed by atoms with Crippen molar-refractivity contribution in [3.05, 3.63) is 12.2 Å². The molecule has 2 fully saturated rings. The van der Waals surface area contributed by atoms with Crippen LogP contribution in [0.2, 0.25) is 0 Å². The largest absolute Gasteiger partial charge is 0.459 e. The molecule has 1 heterocycles. The van der Waals surface area contributed by atoms with Gasteiger partial charge in [-0.1, -0.05) is 19.4 Å². The first-order chi connectivity index (χ1) is 11.3. The van der Waals surface area contributed by atoms with Gasteiger partial charge in [-0.15, -0.1) is 0 Å². The highest BCUT2D eigenvalue weighted by atomic mass is 19.4. The van der Waals surface area contributed by atoms with Crippen LogP contribution in [0.4, 0.5) is 22.0 Å². The second-order valence-electron chi connectivity index (χ2n) is 6.43. The minimum atomic E-state index is -5.69. The molecule has 10 heteroatoms. The van der Waals surface area contributed by atoms with Crippen molar-refractivity contribution in [3.63, 3.8) is 0 Å². The van der Waals surface area contributed by atoms with Crippen LogP contribution in [0.25, 0.3) is 0 Å². The molecular formula is C15H19F5O5. The van der Waals surface area contributed by atoms with Gasteiger partial charge >= 0.3 is 23.9 Å². The third kappa shape index (κ3) is 3.52. The van der Waals surface area contributed by atoms with Gasteiger partial charge in [0.25, 0.3) is 0 Å². The van der Waals surface area contributed by atoms with Crippen molar-refractivity contribution in [3.8, 4) is 0 Å². The maximum Gasteiger partial charge on any atom is 0.449 e. The van der Waals surface area contributed by atoms with Gasteiger partial charge < -0.3 is 19.3 Å². The van der Waals surface area contributed by atoms with Crippen molar-refractivity contribution >= 4 is 5.97 Å². The summed E-state index contributed by atoms with van der Waals surface area (Å²) in [5.41, 5.74) is -1.26. The number of halogens is 5. The fourth-order valence-electron chi connectivity index (χ4n) is 2.93. The van der Waals surface area contributed by atoms with E-state index in [0.717, 1.165) is 0 Å². The molecule has 1 saturated carbocycles. The molecule has 0 aromatic rings. The van der Waals surface area contributed by atoms with E-state index < -0.39 is 48.8 Å². The number of aliphatic hydroxyl groups is 1.